The molecule has 1 saturated heterocycles. The quantitative estimate of drug-likeness (QED) is 0.356. The van der Waals surface area contributed by atoms with Gasteiger partial charge in [0.1, 0.15) is 11.8 Å². The SMILES string of the molecule is CCCSP(=O)(Oc1ccc(Br)cc1Cl)N1CCC[C@H]1C(=O)OCC. The molecule has 1 heterocycles. The first-order valence-corrected chi connectivity index (χ1v) is 12.6. The van der Waals surface area contributed by atoms with E-state index in [1.807, 2.05) is 6.92 Å². The molecule has 0 aromatic heterocycles. The normalized spacial score (nSPS) is 20.2. The Kier molecular flexibility index (Phi) is 8.15. The van der Waals surface area contributed by atoms with Crippen LogP contribution in [0.5, 0.6) is 5.75 Å². The number of nitrogens with zero attached hydrogens (tertiary/aromatic N) is 1. The predicted octanol–water partition coefficient (Wildman–Crippen LogP) is 5.76. The summed E-state index contributed by atoms with van der Waals surface area (Å²) in [5.41, 5.74) is 0. The fourth-order valence-corrected chi connectivity index (χ4v) is 8.06. The Morgan fingerprint density at radius 1 is 1.48 bits per heavy atom. The predicted molar refractivity (Wildman–Crippen MR) is 106 cm³/mol. The van der Waals surface area contributed by atoms with Crippen LogP contribution in [0.2, 0.25) is 5.02 Å². The molecule has 9 heteroatoms. The molecule has 1 fully saturated rings. The van der Waals surface area contributed by atoms with Crippen LogP contribution in [0, 0.1) is 0 Å². The molecule has 0 aliphatic carbocycles. The molecule has 0 amide bonds. The molecule has 0 spiro atoms. The van der Waals surface area contributed by atoms with E-state index in [0.29, 0.717) is 36.1 Å². The molecular formula is C16H22BrClNO4PS. The monoisotopic (exact) mass is 469 g/mol. The molecule has 1 aliphatic rings. The van der Waals surface area contributed by atoms with Gasteiger partial charge in [-0.3, -0.25) is 4.79 Å². The highest BCUT2D eigenvalue weighted by molar-refractivity contribution is 9.10. The number of hydrogen-bond donors (Lipinski definition) is 0. The molecule has 0 bridgehead atoms. The van der Waals surface area contributed by atoms with Gasteiger partial charge in [-0.2, -0.15) is 4.67 Å². The van der Waals surface area contributed by atoms with Gasteiger partial charge in [-0.15, -0.1) is 0 Å². The first-order valence-electron chi connectivity index (χ1n) is 8.24. The van der Waals surface area contributed by atoms with Crippen molar-refractivity contribution in [2.45, 2.75) is 39.2 Å². The Hall–Kier alpha value is -0.200. The molecule has 1 aliphatic heterocycles. The molecular weight excluding hydrogens is 449 g/mol. The molecule has 2 rings (SSSR count). The van der Waals surface area contributed by atoms with E-state index in [9.17, 15) is 9.36 Å². The summed E-state index contributed by atoms with van der Waals surface area (Å²) in [7, 11) is 0. The number of ether oxygens (including phenoxy) is 1. The highest BCUT2D eigenvalue weighted by Crippen LogP contribution is 2.65. The fourth-order valence-electron chi connectivity index (χ4n) is 2.56. The van der Waals surface area contributed by atoms with Crippen LogP contribution in [0.15, 0.2) is 22.7 Å². The smallest absolute Gasteiger partial charge is 0.377 e. The number of halogens is 2. The lowest BCUT2D eigenvalue weighted by Gasteiger charge is -2.30. The van der Waals surface area contributed by atoms with Crippen molar-refractivity contribution in [1.29, 1.82) is 0 Å². The second kappa shape index (κ2) is 9.65. The van der Waals surface area contributed by atoms with E-state index in [0.717, 1.165) is 17.3 Å². The van der Waals surface area contributed by atoms with E-state index in [-0.39, 0.29) is 5.97 Å². The van der Waals surface area contributed by atoms with Gasteiger partial charge >= 0.3 is 12.7 Å². The van der Waals surface area contributed by atoms with Crippen LogP contribution in [0.4, 0.5) is 0 Å². The standard InChI is InChI=1S/C16H22BrClNO4PS/c1-3-10-25-24(21,23-15-8-7-12(17)11-13(15)18)19-9-5-6-14(19)16(20)22-4-2/h7-8,11,14H,3-6,9-10H2,1-2H3/t14-,24?/m0/s1. The summed E-state index contributed by atoms with van der Waals surface area (Å²) in [5, 5.41) is 0.374. The van der Waals surface area contributed by atoms with Crippen molar-refractivity contribution < 1.29 is 18.6 Å². The highest BCUT2D eigenvalue weighted by atomic mass is 79.9. The molecule has 0 N–H and O–H groups in total. The van der Waals surface area contributed by atoms with E-state index in [2.05, 4.69) is 15.9 Å². The maximum absolute atomic E-state index is 13.7. The summed E-state index contributed by atoms with van der Waals surface area (Å²) in [6.45, 7) is 1.28. The minimum absolute atomic E-state index is 0.301. The number of hydrogen-bond acceptors (Lipinski definition) is 5. The zero-order valence-corrected chi connectivity index (χ0v) is 18.3. The molecule has 140 valence electrons. The maximum atomic E-state index is 13.7. The van der Waals surface area contributed by atoms with E-state index >= 15 is 0 Å². The lowest BCUT2D eigenvalue weighted by molar-refractivity contribution is -0.147. The van der Waals surface area contributed by atoms with E-state index in [4.69, 9.17) is 20.9 Å². The zero-order chi connectivity index (χ0) is 18.4. The number of carbonyl (C=O) groups excluding carboxylic acids is 1. The largest absolute Gasteiger partial charge is 0.465 e. The fraction of sp³-hybridized carbons (Fsp3) is 0.562. The minimum Gasteiger partial charge on any atom is -0.465 e. The lowest BCUT2D eigenvalue weighted by atomic mass is 10.2. The average Bonchev–Trinajstić information content (AvgIpc) is 3.06. The van der Waals surface area contributed by atoms with Crippen molar-refractivity contribution in [3.63, 3.8) is 0 Å². The van der Waals surface area contributed by atoms with Gasteiger partial charge in [-0.1, -0.05) is 34.5 Å². The number of carbonyl (C=O) groups is 1. The molecule has 0 saturated carbocycles. The first kappa shape index (κ1) is 21.1. The summed E-state index contributed by atoms with van der Waals surface area (Å²) in [5.74, 6) is 0.673. The molecule has 1 unspecified atom stereocenters. The second-order valence-electron chi connectivity index (χ2n) is 5.54. The Bertz CT molecular complexity index is 663. The summed E-state index contributed by atoms with van der Waals surface area (Å²) in [6.07, 6.45) is 2.24. The number of rotatable bonds is 8. The topological polar surface area (TPSA) is 55.8 Å². The molecule has 1 aromatic rings. The minimum atomic E-state index is -3.33. The second-order valence-corrected chi connectivity index (χ2v) is 11.3. The summed E-state index contributed by atoms with van der Waals surface area (Å²) in [6, 6.07) is 4.62. The zero-order valence-electron chi connectivity index (χ0n) is 14.2. The van der Waals surface area contributed by atoms with Crippen LogP contribution in [0.25, 0.3) is 0 Å². The van der Waals surface area contributed by atoms with Crippen molar-refractivity contribution >= 4 is 51.6 Å². The van der Waals surface area contributed by atoms with E-state index < -0.39 is 12.8 Å². The van der Waals surface area contributed by atoms with Crippen LogP contribution < -0.4 is 4.52 Å². The van der Waals surface area contributed by atoms with Crippen molar-refractivity contribution in [3.8, 4) is 5.75 Å². The lowest BCUT2D eigenvalue weighted by Crippen LogP contribution is -2.35. The van der Waals surface area contributed by atoms with Gasteiger partial charge in [0.05, 0.1) is 11.6 Å². The van der Waals surface area contributed by atoms with Gasteiger partial charge in [-0.25, -0.2) is 4.57 Å². The summed E-state index contributed by atoms with van der Waals surface area (Å²) < 4.78 is 27.2. The Morgan fingerprint density at radius 3 is 2.88 bits per heavy atom. The Labute approximate surface area is 166 Å². The summed E-state index contributed by atoms with van der Waals surface area (Å²) in [4.78, 5) is 12.3. The summed E-state index contributed by atoms with van der Waals surface area (Å²) >= 11 is 10.8. The third-order valence-electron chi connectivity index (χ3n) is 3.66. The van der Waals surface area contributed by atoms with Gasteiger partial charge in [0.25, 0.3) is 0 Å². The molecule has 25 heavy (non-hydrogen) atoms. The van der Waals surface area contributed by atoms with Gasteiger partial charge in [0.15, 0.2) is 0 Å². The first-order chi connectivity index (χ1) is 11.9. The van der Waals surface area contributed by atoms with Gasteiger partial charge in [0.2, 0.25) is 0 Å². The third kappa shape index (κ3) is 5.39. The molecule has 5 nitrogen and oxygen atoms in total. The van der Waals surface area contributed by atoms with Gasteiger partial charge < -0.3 is 9.26 Å². The van der Waals surface area contributed by atoms with E-state index in [1.165, 1.54) is 11.4 Å². The van der Waals surface area contributed by atoms with Crippen molar-refractivity contribution in [2.75, 3.05) is 18.9 Å². The third-order valence-corrected chi connectivity index (χ3v) is 9.28. The van der Waals surface area contributed by atoms with Crippen LogP contribution in [0.3, 0.4) is 0 Å². The van der Waals surface area contributed by atoms with Crippen LogP contribution in [-0.2, 0) is 14.1 Å². The van der Waals surface area contributed by atoms with Crippen molar-refractivity contribution in [3.05, 3.63) is 27.7 Å². The van der Waals surface area contributed by atoms with Crippen LogP contribution in [0.1, 0.15) is 33.1 Å². The van der Waals surface area contributed by atoms with E-state index in [1.54, 1.807) is 29.8 Å². The van der Waals surface area contributed by atoms with Gasteiger partial charge in [0, 0.05) is 16.8 Å². The molecule has 0 radical (unpaired) electrons. The molecule has 1 aromatic carbocycles. The number of benzene rings is 1. The van der Waals surface area contributed by atoms with Crippen molar-refractivity contribution in [2.24, 2.45) is 0 Å². The maximum Gasteiger partial charge on any atom is 0.377 e. The Balaban J connectivity index is 2.29. The van der Waals surface area contributed by atoms with Gasteiger partial charge in [-0.05, 0) is 55.8 Å². The Morgan fingerprint density at radius 2 is 2.24 bits per heavy atom. The van der Waals surface area contributed by atoms with Crippen molar-refractivity contribution in [1.82, 2.24) is 4.67 Å². The van der Waals surface area contributed by atoms with Crippen LogP contribution >= 0.6 is 45.6 Å². The number of esters is 1. The molecule has 2 atom stereocenters. The highest BCUT2D eigenvalue weighted by Gasteiger charge is 2.45. The van der Waals surface area contributed by atoms with Crippen LogP contribution in [-0.4, -0.2) is 35.6 Å². The average molecular weight is 471 g/mol.